The van der Waals surface area contributed by atoms with Crippen LogP contribution in [0.15, 0.2) is 41.8 Å². The minimum absolute atomic E-state index is 0.0652. The Morgan fingerprint density at radius 1 is 1.11 bits per heavy atom. The molecule has 1 saturated heterocycles. The summed E-state index contributed by atoms with van der Waals surface area (Å²) in [5.41, 5.74) is 2.42. The Bertz CT molecular complexity index is 753. The number of nitrogens with zero attached hydrogens (tertiary/aromatic N) is 2. The van der Waals surface area contributed by atoms with Gasteiger partial charge in [-0.1, -0.05) is 18.2 Å². The molecule has 0 spiro atoms. The first-order valence-electron chi connectivity index (χ1n) is 10.0. The average Bonchev–Trinajstić information content (AvgIpc) is 3.27. The summed E-state index contributed by atoms with van der Waals surface area (Å²) < 4.78 is 0. The van der Waals surface area contributed by atoms with Gasteiger partial charge >= 0.3 is 0 Å². The predicted molar refractivity (Wildman–Crippen MR) is 115 cm³/mol. The molecule has 0 bridgehead atoms. The first-order valence-corrected chi connectivity index (χ1v) is 10.9. The Morgan fingerprint density at radius 3 is 2.54 bits per heavy atom. The normalized spacial score (nSPS) is 14.0. The minimum Gasteiger partial charge on any atom is -0.372 e. The third-order valence-electron chi connectivity index (χ3n) is 5.10. The first kappa shape index (κ1) is 20.4. The largest absolute Gasteiger partial charge is 0.372 e. The van der Waals surface area contributed by atoms with E-state index in [2.05, 4.69) is 34.5 Å². The number of carbonyl (C=O) groups is 2. The van der Waals surface area contributed by atoms with Crippen molar-refractivity contribution in [2.24, 2.45) is 0 Å². The van der Waals surface area contributed by atoms with Gasteiger partial charge in [-0.25, -0.2) is 0 Å². The Balaban J connectivity index is 1.38. The highest BCUT2D eigenvalue weighted by atomic mass is 32.1. The van der Waals surface area contributed by atoms with Gasteiger partial charge < -0.3 is 15.1 Å². The van der Waals surface area contributed by atoms with Crippen LogP contribution in [-0.2, 0) is 11.3 Å². The molecule has 5 nitrogen and oxygen atoms in total. The van der Waals surface area contributed by atoms with Crippen molar-refractivity contribution in [3.8, 4) is 0 Å². The summed E-state index contributed by atoms with van der Waals surface area (Å²) in [6.07, 6.45) is 4.96. The van der Waals surface area contributed by atoms with Crippen LogP contribution in [0.25, 0.3) is 0 Å². The van der Waals surface area contributed by atoms with Gasteiger partial charge in [0.15, 0.2) is 0 Å². The van der Waals surface area contributed by atoms with Gasteiger partial charge in [-0.3, -0.25) is 9.59 Å². The highest BCUT2D eigenvalue weighted by Crippen LogP contribution is 2.20. The molecule has 2 aromatic rings. The summed E-state index contributed by atoms with van der Waals surface area (Å²) in [4.78, 5) is 29.1. The molecule has 0 unspecified atom stereocenters. The number of thiophene rings is 1. The Morgan fingerprint density at radius 2 is 1.86 bits per heavy atom. The lowest BCUT2D eigenvalue weighted by atomic mass is 10.1. The molecule has 2 heterocycles. The van der Waals surface area contributed by atoms with Crippen molar-refractivity contribution in [3.63, 3.8) is 0 Å². The maximum absolute atomic E-state index is 12.3. The molecule has 150 valence electrons. The zero-order chi connectivity index (χ0) is 19.8. The SMILES string of the molecule is CN(Cc1ccc(N2CCCCC2)cc1)C(=O)CCCNC(=O)c1cccs1. The van der Waals surface area contributed by atoms with Crippen molar-refractivity contribution >= 4 is 28.8 Å². The number of hydrogen-bond acceptors (Lipinski definition) is 4. The second kappa shape index (κ2) is 10.3. The van der Waals surface area contributed by atoms with E-state index in [1.165, 1.54) is 36.3 Å². The molecule has 1 aliphatic rings. The van der Waals surface area contributed by atoms with Crippen LogP contribution in [0.1, 0.15) is 47.3 Å². The molecular formula is C22H29N3O2S. The topological polar surface area (TPSA) is 52.6 Å². The third kappa shape index (κ3) is 5.83. The Hall–Kier alpha value is -2.34. The lowest BCUT2D eigenvalue weighted by Gasteiger charge is -2.29. The Kier molecular flexibility index (Phi) is 7.48. The van der Waals surface area contributed by atoms with E-state index in [9.17, 15) is 9.59 Å². The molecule has 2 amide bonds. The molecule has 0 atom stereocenters. The van der Waals surface area contributed by atoms with E-state index in [0.717, 1.165) is 18.7 Å². The van der Waals surface area contributed by atoms with Crippen molar-refractivity contribution in [1.29, 1.82) is 0 Å². The van der Waals surface area contributed by atoms with Gasteiger partial charge in [0.1, 0.15) is 0 Å². The monoisotopic (exact) mass is 399 g/mol. The van der Waals surface area contributed by atoms with E-state index < -0.39 is 0 Å². The quantitative estimate of drug-likeness (QED) is 0.685. The zero-order valence-corrected chi connectivity index (χ0v) is 17.3. The van der Waals surface area contributed by atoms with Gasteiger partial charge in [0, 0.05) is 45.3 Å². The molecule has 1 fully saturated rings. The third-order valence-corrected chi connectivity index (χ3v) is 5.97. The number of carbonyl (C=O) groups excluding carboxylic acids is 2. The van der Waals surface area contributed by atoms with Gasteiger partial charge in [-0.15, -0.1) is 11.3 Å². The second-order valence-electron chi connectivity index (χ2n) is 7.30. The van der Waals surface area contributed by atoms with Crippen LogP contribution in [0.4, 0.5) is 5.69 Å². The molecule has 1 N–H and O–H groups in total. The van der Waals surface area contributed by atoms with E-state index >= 15 is 0 Å². The molecule has 1 aliphatic heterocycles. The molecule has 1 aromatic carbocycles. The Labute approximate surface area is 171 Å². The lowest BCUT2D eigenvalue weighted by molar-refractivity contribution is -0.130. The van der Waals surface area contributed by atoms with Crippen LogP contribution in [0.2, 0.25) is 0 Å². The highest BCUT2D eigenvalue weighted by molar-refractivity contribution is 7.12. The van der Waals surface area contributed by atoms with E-state index in [4.69, 9.17) is 0 Å². The molecule has 0 saturated carbocycles. The second-order valence-corrected chi connectivity index (χ2v) is 8.25. The zero-order valence-electron chi connectivity index (χ0n) is 16.5. The highest BCUT2D eigenvalue weighted by Gasteiger charge is 2.12. The molecule has 6 heteroatoms. The van der Waals surface area contributed by atoms with Gasteiger partial charge in [-0.05, 0) is 54.8 Å². The van der Waals surface area contributed by atoms with Crippen LogP contribution in [-0.4, -0.2) is 43.4 Å². The van der Waals surface area contributed by atoms with Gasteiger partial charge in [-0.2, -0.15) is 0 Å². The fraction of sp³-hybridized carbons (Fsp3) is 0.455. The van der Waals surface area contributed by atoms with Gasteiger partial charge in [0.2, 0.25) is 5.91 Å². The van der Waals surface area contributed by atoms with E-state index in [0.29, 0.717) is 30.8 Å². The van der Waals surface area contributed by atoms with Crippen LogP contribution < -0.4 is 10.2 Å². The van der Waals surface area contributed by atoms with Crippen LogP contribution in [0.3, 0.4) is 0 Å². The van der Waals surface area contributed by atoms with Crippen molar-refractivity contribution in [2.45, 2.75) is 38.6 Å². The van der Waals surface area contributed by atoms with Crippen molar-refractivity contribution in [3.05, 3.63) is 52.2 Å². The summed E-state index contributed by atoms with van der Waals surface area (Å²) in [6.45, 7) is 3.41. The molecule has 0 aliphatic carbocycles. The van der Waals surface area contributed by atoms with Crippen LogP contribution >= 0.6 is 11.3 Å². The number of nitrogens with one attached hydrogen (secondary N) is 1. The molecule has 1 aromatic heterocycles. The van der Waals surface area contributed by atoms with E-state index in [1.54, 1.807) is 11.0 Å². The smallest absolute Gasteiger partial charge is 0.261 e. The summed E-state index contributed by atoms with van der Waals surface area (Å²) in [5.74, 6) is 0.0371. The molecule has 0 radical (unpaired) electrons. The van der Waals surface area contributed by atoms with E-state index in [1.807, 2.05) is 18.5 Å². The van der Waals surface area contributed by atoms with Crippen molar-refractivity contribution < 1.29 is 9.59 Å². The number of piperidine rings is 1. The fourth-order valence-electron chi connectivity index (χ4n) is 3.45. The number of hydrogen-bond donors (Lipinski definition) is 1. The van der Waals surface area contributed by atoms with Crippen molar-refractivity contribution in [2.75, 3.05) is 31.6 Å². The number of amides is 2. The predicted octanol–water partition coefficient (Wildman–Crippen LogP) is 3.91. The molecule has 28 heavy (non-hydrogen) atoms. The van der Waals surface area contributed by atoms with Crippen LogP contribution in [0, 0.1) is 0 Å². The summed E-state index contributed by atoms with van der Waals surface area (Å²) in [7, 11) is 1.84. The van der Waals surface area contributed by atoms with Gasteiger partial charge in [0.25, 0.3) is 5.91 Å². The van der Waals surface area contributed by atoms with Crippen molar-refractivity contribution in [1.82, 2.24) is 10.2 Å². The average molecular weight is 400 g/mol. The van der Waals surface area contributed by atoms with E-state index in [-0.39, 0.29) is 11.8 Å². The summed E-state index contributed by atoms with van der Waals surface area (Å²) >= 11 is 1.42. The van der Waals surface area contributed by atoms with Crippen LogP contribution in [0.5, 0.6) is 0 Å². The molecule has 3 rings (SSSR count). The standard InChI is InChI=1S/C22H29N3O2S/c1-24(21(26)8-5-13-23-22(27)20-7-6-16-28-20)17-18-9-11-19(12-10-18)25-14-3-2-4-15-25/h6-7,9-12,16H,2-5,8,13-15,17H2,1H3,(H,23,27). The van der Waals surface area contributed by atoms with Gasteiger partial charge in [0.05, 0.1) is 4.88 Å². The fourth-order valence-corrected chi connectivity index (χ4v) is 4.09. The first-order chi connectivity index (χ1) is 13.6. The number of rotatable bonds is 8. The minimum atomic E-state index is -0.0652. The summed E-state index contributed by atoms with van der Waals surface area (Å²) in [6, 6.07) is 12.2. The molecular weight excluding hydrogens is 370 g/mol. The lowest BCUT2D eigenvalue weighted by Crippen LogP contribution is -2.29. The number of benzene rings is 1. The maximum Gasteiger partial charge on any atom is 0.261 e. The number of anilines is 1. The maximum atomic E-state index is 12.3. The summed E-state index contributed by atoms with van der Waals surface area (Å²) in [5, 5.41) is 4.74.